The maximum absolute atomic E-state index is 5.48. The second kappa shape index (κ2) is 9.13. The molecule has 0 heterocycles. The summed E-state index contributed by atoms with van der Waals surface area (Å²) in [5, 5.41) is 3.50. The molecule has 3 heteroatoms. The Morgan fingerprint density at radius 1 is 1.07 bits per heavy atom. The van der Waals surface area contributed by atoms with Gasteiger partial charge in [-0.3, -0.25) is 0 Å². The molecule has 1 atom stereocenters. The Morgan fingerprint density at radius 3 is 2.20 bits per heavy atom. The molecule has 0 bridgehead atoms. The third kappa shape index (κ3) is 8.85. The van der Waals surface area contributed by atoms with Gasteiger partial charge in [-0.1, -0.05) is 13.8 Å². The van der Waals surface area contributed by atoms with Crippen LogP contribution in [0, 0.1) is 5.92 Å². The third-order valence-electron chi connectivity index (χ3n) is 2.40. The molecule has 0 aromatic carbocycles. The SMILES string of the molecule is COCCC(NCCOC(C)C)C(C)C. The lowest BCUT2D eigenvalue weighted by atomic mass is 10.0. The number of ether oxygens (including phenoxy) is 2. The van der Waals surface area contributed by atoms with Gasteiger partial charge in [-0.05, 0) is 26.2 Å². The summed E-state index contributed by atoms with van der Waals surface area (Å²) in [5.41, 5.74) is 0. The van der Waals surface area contributed by atoms with E-state index in [1.54, 1.807) is 7.11 Å². The minimum Gasteiger partial charge on any atom is -0.385 e. The lowest BCUT2D eigenvalue weighted by molar-refractivity contribution is 0.0769. The minimum atomic E-state index is 0.322. The van der Waals surface area contributed by atoms with Crippen LogP contribution in [0.5, 0.6) is 0 Å². The monoisotopic (exact) mass is 217 g/mol. The predicted molar refractivity (Wildman–Crippen MR) is 64.2 cm³/mol. The summed E-state index contributed by atoms with van der Waals surface area (Å²) in [6.45, 7) is 11.1. The van der Waals surface area contributed by atoms with Crippen LogP contribution >= 0.6 is 0 Å². The molecular formula is C12H27NO2. The molecule has 0 saturated carbocycles. The molecule has 0 aromatic rings. The van der Waals surface area contributed by atoms with Crippen molar-refractivity contribution in [1.82, 2.24) is 5.32 Å². The second-order valence-electron chi connectivity index (χ2n) is 4.51. The van der Waals surface area contributed by atoms with Crippen LogP contribution in [-0.4, -0.2) is 39.0 Å². The van der Waals surface area contributed by atoms with Gasteiger partial charge in [0.25, 0.3) is 0 Å². The Hall–Kier alpha value is -0.120. The van der Waals surface area contributed by atoms with E-state index in [1.165, 1.54) is 0 Å². The Kier molecular flexibility index (Phi) is 9.06. The zero-order chi connectivity index (χ0) is 11.7. The first-order valence-electron chi connectivity index (χ1n) is 5.91. The first-order chi connectivity index (χ1) is 7.07. The summed E-state index contributed by atoms with van der Waals surface area (Å²) < 4.78 is 10.6. The van der Waals surface area contributed by atoms with Crippen molar-refractivity contribution >= 4 is 0 Å². The molecule has 0 aromatic heterocycles. The van der Waals surface area contributed by atoms with Gasteiger partial charge < -0.3 is 14.8 Å². The highest BCUT2D eigenvalue weighted by molar-refractivity contribution is 4.70. The van der Waals surface area contributed by atoms with E-state index in [2.05, 4.69) is 33.0 Å². The largest absolute Gasteiger partial charge is 0.385 e. The van der Waals surface area contributed by atoms with Crippen molar-refractivity contribution in [3.63, 3.8) is 0 Å². The standard InChI is InChI=1S/C12H27NO2/c1-10(2)12(6-8-14-5)13-7-9-15-11(3)4/h10-13H,6-9H2,1-5H3. The fourth-order valence-corrected chi connectivity index (χ4v) is 1.45. The molecule has 0 rings (SSSR count). The summed E-state index contributed by atoms with van der Waals surface area (Å²) in [6, 6.07) is 0.528. The van der Waals surface area contributed by atoms with Gasteiger partial charge in [-0.25, -0.2) is 0 Å². The number of methoxy groups -OCH3 is 1. The molecule has 1 N–H and O–H groups in total. The van der Waals surface area contributed by atoms with E-state index in [9.17, 15) is 0 Å². The molecule has 0 amide bonds. The lowest BCUT2D eigenvalue weighted by Gasteiger charge is -2.22. The van der Waals surface area contributed by atoms with E-state index < -0.39 is 0 Å². The van der Waals surface area contributed by atoms with Crippen molar-refractivity contribution < 1.29 is 9.47 Å². The van der Waals surface area contributed by atoms with Gasteiger partial charge >= 0.3 is 0 Å². The predicted octanol–water partition coefficient (Wildman–Crippen LogP) is 2.06. The number of hydrogen-bond donors (Lipinski definition) is 1. The number of hydrogen-bond acceptors (Lipinski definition) is 3. The van der Waals surface area contributed by atoms with Crippen LogP contribution in [-0.2, 0) is 9.47 Å². The second-order valence-corrected chi connectivity index (χ2v) is 4.51. The van der Waals surface area contributed by atoms with Crippen molar-refractivity contribution in [1.29, 1.82) is 0 Å². The first kappa shape index (κ1) is 14.9. The Balaban J connectivity index is 3.57. The van der Waals surface area contributed by atoms with Crippen LogP contribution in [0.1, 0.15) is 34.1 Å². The van der Waals surface area contributed by atoms with Gasteiger partial charge in [0.1, 0.15) is 0 Å². The smallest absolute Gasteiger partial charge is 0.0594 e. The lowest BCUT2D eigenvalue weighted by Crippen LogP contribution is -2.37. The van der Waals surface area contributed by atoms with Gasteiger partial charge in [-0.2, -0.15) is 0 Å². The number of nitrogens with one attached hydrogen (secondary N) is 1. The summed E-state index contributed by atoms with van der Waals surface area (Å²) in [4.78, 5) is 0. The topological polar surface area (TPSA) is 30.5 Å². The van der Waals surface area contributed by atoms with E-state index >= 15 is 0 Å². The van der Waals surface area contributed by atoms with Crippen LogP contribution < -0.4 is 5.32 Å². The third-order valence-corrected chi connectivity index (χ3v) is 2.40. The zero-order valence-electron chi connectivity index (χ0n) is 10.9. The minimum absolute atomic E-state index is 0.322. The Labute approximate surface area is 94.5 Å². The number of rotatable bonds is 9. The molecule has 0 fully saturated rings. The van der Waals surface area contributed by atoms with Gasteiger partial charge in [0.15, 0.2) is 0 Å². The highest BCUT2D eigenvalue weighted by Gasteiger charge is 2.11. The molecule has 0 radical (unpaired) electrons. The van der Waals surface area contributed by atoms with E-state index in [0.29, 0.717) is 18.1 Å². The average Bonchev–Trinajstić information content (AvgIpc) is 2.15. The maximum Gasteiger partial charge on any atom is 0.0594 e. The van der Waals surface area contributed by atoms with Crippen molar-refractivity contribution in [2.75, 3.05) is 26.9 Å². The van der Waals surface area contributed by atoms with Crippen LogP contribution in [0.25, 0.3) is 0 Å². The molecule has 0 saturated heterocycles. The van der Waals surface area contributed by atoms with Crippen LogP contribution in [0.3, 0.4) is 0 Å². The van der Waals surface area contributed by atoms with Crippen LogP contribution in [0.4, 0.5) is 0 Å². The Morgan fingerprint density at radius 2 is 1.73 bits per heavy atom. The summed E-state index contributed by atoms with van der Waals surface area (Å²) >= 11 is 0. The maximum atomic E-state index is 5.48. The van der Waals surface area contributed by atoms with Crippen molar-refractivity contribution in [3.05, 3.63) is 0 Å². The van der Waals surface area contributed by atoms with Crippen molar-refractivity contribution in [2.45, 2.75) is 46.3 Å². The average molecular weight is 217 g/mol. The molecule has 15 heavy (non-hydrogen) atoms. The van der Waals surface area contributed by atoms with Crippen molar-refractivity contribution in [3.8, 4) is 0 Å². The normalized spacial score (nSPS) is 13.8. The fourth-order valence-electron chi connectivity index (χ4n) is 1.45. The molecule has 0 aliphatic rings. The van der Waals surface area contributed by atoms with E-state index in [-0.39, 0.29) is 0 Å². The quantitative estimate of drug-likeness (QED) is 0.600. The van der Waals surface area contributed by atoms with Crippen LogP contribution in [0.15, 0.2) is 0 Å². The van der Waals surface area contributed by atoms with Crippen molar-refractivity contribution in [2.24, 2.45) is 5.92 Å². The fraction of sp³-hybridized carbons (Fsp3) is 1.00. The summed E-state index contributed by atoms with van der Waals surface area (Å²) in [7, 11) is 1.75. The van der Waals surface area contributed by atoms with Gasteiger partial charge in [0, 0.05) is 26.3 Å². The summed E-state index contributed by atoms with van der Waals surface area (Å²) in [6.07, 6.45) is 1.39. The molecule has 1 unspecified atom stereocenters. The molecule has 92 valence electrons. The Bertz CT molecular complexity index is 138. The highest BCUT2D eigenvalue weighted by Crippen LogP contribution is 2.05. The van der Waals surface area contributed by atoms with Crippen LogP contribution in [0.2, 0.25) is 0 Å². The molecule has 3 nitrogen and oxygen atoms in total. The van der Waals surface area contributed by atoms with Gasteiger partial charge in [0.2, 0.25) is 0 Å². The highest BCUT2D eigenvalue weighted by atomic mass is 16.5. The molecular weight excluding hydrogens is 190 g/mol. The molecule has 0 aliphatic heterocycles. The molecule has 0 spiro atoms. The van der Waals surface area contributed by atoms with E-state index in [4.69, 9.17) is 9.47 Å². The first-order valence-corrected chi connectivity index (χ1v) is 5.91. The van der Waals surface area contributed by atoms with E-state index in [1.807, 2.05) is 0 Å². The summed E-state index contributed by atoms with van der Waals surface area (Å²) in [5.74, 6) is 0.638. The zero-order valence-corrected chi connectivity index (χ0v) is 10.9. The van der Waals surface area contributed by atoms with Gasteiger partial charge in [-0.15, -0.1) is 0 Å². The van der Waals surface area contributed by atoms with E-state index in [0.717, 1.165) is 26.2 Å². The van der Waals surface area contributed by atoms with Gasteiger partial charge in [0.05, 0.1) is 12.7 Å². The molecule has 0 aliphatic carbocycles.